The zero-order chi connectivity index (χ0) is 20.0. The summed E-state index contributed by atoms with van der Waals surface area (Å²) in [5.41, 5.74) is 1.31. The molecule has 1 heterocycles. The number of ether oxygens (including phenoxy) is 2. The Morgan fingerprint density at radius 1 is 1.11 bits per heavy atom. The highest BCUT2D eigenvalue weighted by Crippen LogP contribution is 2.32. The summed E-state index contributed by atoms with van der Waals surface area (Å²) >= 11 is 0. The molecule has 1 aliphatic rings. The van der Waals surface area contributed by atoms with Crippen LogP contribution in [-0.2, 0) is 14.8 Å². The van der Waals surface area contributed by atoms with Gasteiger partial charge in [0.15, 0.2) is 11.5 Å². The van der Waals surface area contributed by atoms with Gasteiger partial charge in [0.05, 0.1) is 4.90 Å². The lowest BCUT2D eigenvalue weighted by Crippen LogP contribution is -2.24. The summed E-state index contributed by atoms with van der Waals surface area (Å²) in [5, 5.41) is 2.70. The first-order valence-corrected chi connectivity index (χ1v) is 10.4. The number of rotatable bonds is 8. The van der Waals surface area contributed by atoms with Gasteiger partial charge in [0.2, 0.25) is 22.7 Å². The van der Waals surface area contributed by atoms with Gasteiger partial charge >= 0.3 is 0 Å². The fourth-order valence-electron chi connectivity index (χ4n) is 2.56. The normalized spacial score (nSPS) is 13.0. The molecule has 2 N–H and O–H groups in total. The number of hydrogen-bond acceptors (Lipinski definition) is 5. The minimum absolute atomic E-state index is 0.164. The van der Waals surface area contributed by atoms with E-state index in [2.05, 4.69) is 10.0 Å². The van der Waals surface area contributed by atoms with Gasteiger partial charge in [0.1, 0.15) is 0 Å². The van der Waals surface area contributed by atoms with E-state index in [4.69, 9.17) is 9.47 Å². The lowest BCUT2D eigenvalue weighted by Gasteiger charge is -2.07. The summed E-state index contributed by atoms with van der Waals surface area (Å²) in [5.74, 6) is 1.00. The maximum atomic E-state index is 12.2. The van der Waals surface area contributed by atoms with Gasteiger partial charge in [0.25, 0.3) is 0 Å². The van der Waals surface area contributed by atoms with Crippen LogP contribution in [0.25, 0.3) is 6.08 Å². The van der Waals surface area contributed by atoms with Gasteiger partial charge in [0, 0.05) is 18.3 Å². The van der Waals surface area contributed by atoms with Crippen molar-refractivity contribution in [3.05, 3.63) is 54.1 Å². The maximum Gasteiger partial charge on any atom is 0.248 e. The number of fused-ring (bicyclic) bond motifs is 1. The van der Waals surface area contributed by atoms with Gasteiger partial charge in [-0.15, -0.1) is 0 Å². The van der Waals surface area contributed by atoms with E-state index in [1.54, 1.807) is 30.3 Å². The Bertz CT molecular complexity index is 969. The monoisotopic (exact) mass is 402 g/mol. The Labute approximate surface area is 164 Å². The Balaban J connectivity index is 1.58. The Hall–Kier alpha value is -2.84. The van der Waals surface area contributed by atoms with E-state index in [0.717, 1.165) is 18.4 Å². The number of amides is 1. The van der Waals surface area contributed by atoms with Crippen molar-refractivity contribution in [3.63, 3.8) is 0 Å². The molecule has 1 aliphatic heterocycles. The molecule has 2 aromatic carbocycles. The van der Waals surface area contributed by atoms with Crippen molar-refractivity contribution in [1.82, 2.24) is 4.72 Å². The Kier molecular flexibility index (Phi) is 6.33. The third-order valence-corrected chi connectivity index (χ3v) is 5.56. The molecule has 0 spiro atoms. The van der Waals surface area contributed by atoms with E-state index in [0.29, 0.717) is 23.7 Å². The van der Waals surface area contributed by atoms with Gasteiger partial charge in [-0.2, -0.15) is 0 Å². The predicted molar refractivity (Wildman–Crippen MR) is 107 cm³/mol. The summed E-state index contributed by atoms with van der Waals surface area (Å²) in [4.78, 5) is 12.3. The zero-order valence-corrected chi connectivity index (χ0v) is 16.3. The van der Waals surface area contributed by atoms with Crippen molar-refractivity contribution < 1.29 is 22.7 Å². The van der Waals surface area contributed by atoms with Gasteiger partial charge in [-0.05, 0) is 54.5 Å². The molecule has 0 bridgehead atoms. The summed E-state index contributed by atoms with van der Waals surface area (Å²) in [6, 6.07) is 11.4. The summed E-state index contributed by atoms with van der Waals surface area (Å²) in [6.07, 6.45) is 4.75. The quantitative estimate of drug-likeness (QED) is 0.523. The lowest BCUT2D eigenvalue weighted by atomic mass is 10.2. The summed E-state index contributed by atoms with van der Waals surface area (Å²) in [7, 11) is -3.53. The number of anilines is 1. The Morgan fingerprint density at radius 2 is 1.86 bits per heavy atom. The molecule has 0 radical (unpaired) electrons. The molecule has 28 heavy (non-hydrogen) atoms. The molecule has 1 amide bonds. The van der Waals surface area contributed by atoms with Crippen LogP contribution in [0.5, 0.6) is 11.5 Å². The number of unbranched alkanes of at least 4 members (excludes halogenated alkanes) is 1. The SMILES string of the molecule is CCCCNS(=O)(=O)c1ccc(NC(=O)/C=C/c2ccc3c(c2)OCO3)cc1. The van der Waals surface area contributed by atoms with Gasteiger partial charge in [-0.25, -0.2) is 13.1 Å². The van der Waals surface area contributed by atoms with Crippen molar-refractivity contribution in [1.29, 1.82) is 0 Å². The van der Waals surface area contributed by atoms with Crippen LogP contribution in [0, 0.1) is 0 Å². The van der Waals surface area contributed by atoms with E-state index in [-0.39, 0.29) is 17.6 Å². The average molecular weight is 402 g/mol. The zero-order valence-electron chi connectivity index (χ0n) is 15.5. The summed E-state index contributed by atoms with van der Waals surface area (Å²) in [6.45, 7) is 2.59. The number of sulfonamides is 1. The molecule has 3 rings (SSSR count). The van der Waals surface area contributed by atoms with E-state index < -0.39 is 10.0 Å². The van der Waals surface area contributed by atoms with Crippen molar-refractivity contribution in [2.24, 2.45) is 0 Å². The number of hydrogen-bond donors (Lipinski definition) is 2. The molecule has 0 atom stereocenters. The van der Waals surface area contributed by atoms with Crippen LogP contribution >= 0.6 is 0 Å². The second-order valence-electron chi connectivity index (χ2n) is 6.21. The molecule has 8 heteroatoms. The first kappa shape index (κ1) is 19.9. The van der Waals surface area contributed by atoms with E-state index >= 15 is 0 Å². The second kappa shape index (κ2) is 8.90. The van der Waals surface area contributed by atoms with Crippen LogP contribution in [0.2, 0.25) is 0 Å². The van der Waals surface area contributed by atoms with Gasteiger partial charge < -0.3 is 14.8 Å². The summed E-state index contributed by atoms with van der Waals surface area (Å²) < 4.78 is 37.4. The Morgan fingerprint density at radius 3 is 2.61 bits per heavy atom. The molecular weight excluding hydrogens is 380 g/mol. The third kappa shape index (κ3) is 5.11. The molecule has 0 aliphatic carbocycles. The van der Waals surface area contributed by atoms with Crippen LogP contribution in [0.4, 0.5) is 5.69 Å². The largest absolute Gasteiger partial charge is 0.454 e. The highest BCUT2D eigenvalue weighted by Gasteiger charge is 2.13. The minimum atomic E-state index is -3.53. The molecule has 7 nitrogen and oxygen atoms in total. The van der Waals surface area contributed by atoms with Crippen molar-refractivity contribution in [2.45, 2.75) is 24.7 Å². The van der Waals surface area contributed by atoms with Crippen molar-refractivity contribution in [2.75, 3.05) is 18.7 Å². The molecule has 2 aromatic rings. The first-order valence-electron chi connectivity index (χ1n) is 8.96. The minimum Gasteiger partial charge on any atom is -0.454 e. The van der Waals surface area contributed by atoms with Gasteiger partial charge in [-0.1, -0.05) is 19.4 Å². The molecular formula is C20H22N2O5S. The van der Waals surface area contributed by atoms with Crippen molar-refractivity contribution in [3.8, 4) is 11.5 Å². The number of carbonyl (C=O) groups is 1. The van der Waals surface area contributed by atoms with Crippen LogP contribution in [0.3, 0.4) is 0 Å². The molecule has 0 fully saturated rings. The highest BCUT2D eigenvalue weighted by molar-refractivity contribution is 7.89. The molecule has 0 saturated carbocycles. The maximum absolute atomic E-state index is 12.2. The fourth-order valence-corrected chi connectivity index (χ4v) is 3.63. The van der Waals surface area contributed by atoms with E-state index in [1.807, 2.05) is 13.0 Å². The average Bonchev–Trinajstić information content (AvgIpc) is 3.15. The number of nitrogens with one attached hydrogen (secondary N) is 2. The van der Waals surface area contributed by atoms with E-state index in [1.165, 1.54) is 18.2 Å². The van der Waals surface area contributed by atoms with Gasteiger partial charge in [-0.3, -0.25) is 4.79 Å². The van der Waals surface area contributed by atoms with Crippen LogP contribution in [-0.4, -0.2) is 27.7 Å². The standard InChI is InChI=1S/C20H22N2O5S/c1-2-3-12-21-28(24,25)17-8-6-16(7-9-17)22-20(23)11-5-15-4-10-18-19(13-15)27-14-26-18/h4-11,13,21H,2-3,12,14H2,1H3,(H,22,23)/b11-5+. The second-order valence-corrected chi connectivity index (χ2v) is 7.98. The lowest BCUT2D eigenvalue weighted by molar-refractivity contribution is -0.111. The first-order chi connectivity index (χ1) is 13.5. The molecule has 0 unspecified atom stereocenters. The van der Waals surface area contributed by atoms with Crippen LogP contribution in [0.1, 0.15) is 25.3 Å². The van der Waals surface area contributed by atoms with E-state index in [9.17, 15) is 13.2 Å². The molecule has 0 aromatic heterocycles. The smallest absolute Gasteiger partial charge is 0.248 e. The van der Waals surface area contributed by atoms with Crippen molar-refractivity contribution >= 4 is 27.7 Å². The highest BCUT2D eigenvalue weighted by atomic mass is 32.2. The van der Waals surface area contributed by atoms with Crippen LogP contribution in [0.15, 0.2) is 53.4 Å². The third-order valence-electron chi connectivity index (χ3n) is 4.08. The number of benzene rings is 2. The van der Waals surface area contributed by atoms with Crippen LogP contribution < -0.4 is 19.5 Å². The predicted octanol–water partition coefficient (Wildman–Crippen LogP) is 3.15. The number of carbonyl (C=O) groups excluding carboxylic acids is 1. The fraction of sp³-hybridized carbons (Fsp3) is 0.250. The topological polar surface area (TPSA) is 93.7 Å². The molecule has 0 saturated heterocycles. The molecule has 148 valence electrons.